The second-order valence-electron chi connectivity index (χ2n) is 0.224. The van der Waals surface area contributed by atoms with Crippen LogP contribution < -0.4 is 12.3 Å². The van der Waals surface area contributed by atoms with Gasteiger partial charge in [-0.2, -0.15) is 0 Å². The van der Waals surface area contributed by atoms with Crippen LogP contribution in [-0.2, 0) is 16.5 Å². The van der Waals surface area contributed by atoms with Gasteiger partial charge in [0.05, 0.1) is 0 Å². The molecule has 0 unspecified atom stereocenters. The van der Waals surface area contributed by atoms with Gasteiger partial charge < -0.3 is 0 Å². The summed E-state index contributed by atoms with van der Waals surface area (Å²) in [4.78, 5) is 0. The molecule has 5 heavy (non-hydrogen) atoms. The van der Waals surface area contributed by atoms with E-state index >= 15 is 0 Å². The van der Waals surface area contributed by atoms with E-state index in [9.17, 15) is 0 Å². The molecule has 0 rings (SSSR count). The standard InChI is InChI=1S/AsO3.Ni/c2-1(3)4;/q-3;+3. The molecule has 0 aliphatic rings. The summed E-state index contributed by atoms with van der Waals surface area (Å²) in [6.45, 7) is 0. The van der Waals surface area contributed by atoms with Crippen molar-refractivity contribution in [2.75, 3.05) is 0 Å². The molecule has 5 heteroatoms. The van der Waals surface area contributed by atoms with Crippen molar-refractivity contribution < 1.29 is 28.8 Å². The zero-order chi connectivity index (χ0) is 3.58. The van der Waals surface area contributed by atoms with Crippen LogP contribution in [0.3, 0.4) is 0 Å². The molecule has 0 heterocycles. The first-order chi connectivity index (χ1) is 1.73. The molecule has 0 fully saturated rings. The Labute approximate surface area is 44.9 Å². The zero-order valence-electron chi connectivity index (χ0n) is 1.99. The van der Waals surface area contributed by atoms with E-state index in [1.165, 1.54) is 0 Å². The van der Waals surface area contributed by atoms with E-state index in [2.05, 4.69) is 0 Å². The van der Waals surface area contributed by atoms with Crippen LogP contribution in [0.2, 0.25) is 0 Å². The molecule has 0 spiro atoms. The molecule has 0 saturated carbocycles. The Morgan fingerprint density at radius 3 is 1.00 bits per heavy atom. The Morgan fingerprint density at radius 2 is 1.00 bits per heavy atom. The Hall–Kier alpha value is 0.932. The fraction of sp³-hybridized carbons (Fsp3) is 0. The van der Waals surface area contributed by atoms with Crippen molar-refractivity contribution >= 4 is 15.7 Å². The summed E-state index contributed by atoms with van der Waals surface area (Å²) in [6, 6.07) is 0. The third-order valence-corrected chi connectivity index (χ3v) is 0. The van der Waals surface area contributed by atoms with E-state index in [4.69, 9.17) is 12.3 Å². The van der Waals surface area contributed by atoms with Gasteiger partial charge in [0.2, 0.25) is 0 Å². The van der Waals surface area contributed by atoms with Crippen molar-refractivity contribution in [3.8, 4) is 0 Å². The molecule has 0 atom stereocenters. The average Bonchev–Trinajstić information content (AvgIpc) is 0.811. The molecule has 0 aliphatic heterocycles. The second kappa shape index (κ2) is 4.93. The maximum absolute atomic E-state index is 8.56. The molecule has 3 nitrogen and oxygen atoms in total. The van der Waals surface area contributed by atoms with Crippen LogP contribution in [0.15, 0.2) is 0 Å². The van der Waals surface area contributed by atoms with Gasteiger partial charge in [0, 0.05) is 0 Å². The molecular formula is AsNiO3. The molecule has 0 aromatic rings. The van der Waals surface area contributed by atoms with Crippen molar-refractivity contribution in [2.24, 2.45) is 0 Å². The normalized spacial score (nSPS) is 7.20. The van der Waals surface area contributed by atoms with E-state index < -0.39 is 15.7 Å². The van der Waals surface area contributed by atoms with Crippen molar-refractivity contribution in [3.05, 3.63) is 0 Å². The topological polar surface area (TPSA) is 69.2 Å². The van der Waals surface area contributed by atoms with E-state index in [0.29, 0.717) is 0 Å². The Balaban J connectivity index is 0. The first-order valence-electron chi connectivity index (χ1n) is 0.548. The molecule has 0 amide bonds. The Kier molecular flexibility index (Phi) is 9.21. The van der Waals surface area contributed by atoms with Gasteiger partial charge in [0.1, 0.15) is 0 Å². The summed E-state index contributed by atoms with van der Waals surface area (Å²) < 4.78 is 25.7. The minimum absolute atomic E-state index is 0. The third-order valence-electron chi connectivity index (χ3n) is 0. The van der Waals surface area contributed by atoms with Gasteiger partial charge in [0.25, 0.3) is 0 Å². The summed E-state index contributed by atoms with van der Waals surface area (Å²) in [7, 11) is 0. The molecule has 0 saturated heterocycles. The van der Waals surface area contributed by atoms with E-state index in [0.717, 1.165) is 0 Å². The Bertz CT molecular complexity index is 11.6. The maximum atomic E-state index is 8.56. The first-order valence-corrected chi connectivity index (χ1v) is 2.85. The van der Waals surface area contributed by atoms with Gasteiger partial charge in [-0.3, -0.25) is 0 Å². The summed E-state index contributed by atoms with van der Waals surface area (Å²) in [5.41, 5.74) is 0. The molecule has 0 aromatic heterocycles. The van der Waals surface area contributed by atoms with Gasteiger partial charge in [-0.15, -0.1) is 0 Å². The van der Waals surface area contributed by atoms with Crippen molar-refractivity contribution in [3.63, 3.8) is 0 Å². The van der Waals surface area contributed by atoms with Crippen LogP contribution >= 0.6 is 0 Å². The first kappa shape index (κ1) is 9.33. The van der Waals surface area contributed by atoms with Gasteiger partial charge in [-0.25, -0.2) is 0 Å². The molecule has 33 valence electrons. The minimum atomic E-state index is -3.94. The van der Waals surface area contributed by atoms with E-state index in [1.54, 1.807) is 0 Å². The van der Waals surface area contributed by atoms with Crippen molar-refractivity contribution in [1.29, 1.82) is 0 Å². The van der Waals surface area contributed by atoms with Crippen LogP contribution in [0, 0.1) is 0 Å². The van der Waals surface area contributed by atoms with Crippen LogP contribution in [0.1, 0.15) is 0 Å². The monoisotopic (exact) mass is 181 g/mol. The van der Waals surface area contributed by atoms with Crippen LogP contribution in [-0.4, -0.2) is 15.7 Å². The van der Waals surface area contributed by atoms with Crippen LogP contribution in [0.5, 0.6) is 0 Å². The van der Waals surface area contributed by atoms with E-state index in [1.807, 2.05) is 0 Å². The molecule has 0 N–H and O–H groups in total. The molecule has 1 radical (unpaired) electrons. The van der Waals surface area contributed by atoms with Gasteiger partial charge in [-0.1, -0.05) is 0 Å². The summed E-state index contributed by atoms with van der Waals surface area (Å²) in [6.07, 6.45) is 0. The summed E-state index contributed by atoms with van der Waals surface area (Å²) >= 11 is -3.94. The fourth-order valence-electron chi connectivity index (χ4n) is 0. The van der Waals surface area contributed by atoms with Gasteiger partial charge in [-0.05, 0) is 0 Å². The zero-order valence-corrected chi connectivity index (χ0v) is 4.85. The third kappa shape index (κ3) is 48.8. The summed E-state index contributed by atoms with van der Waals surface area (Å²) in [5.74, 6) is 0. The second-order valence-corrected chi connectivity index (χ2v) is 1.16. The molecule has 0 bridgehead atoms. The number of hydrogen-bond donors (Lipinski definition) is 0. The van der Waals surface area contributed by atoms with Gasteiger partial charge in [0.15, 0.2) is 0 Å². The van der Waals surface area contributed by atoms with Crippen molar-refractivity contribution in [2.45, 2.75) is 0 Å². The average molecular weight is 182 g/mol. The van der Waals surface area contributed by atoms with Crippen molar-refractivity contribution in [1.82, 2.24) is 0 Å². The van der Waals surface area contributed by atoms with Crippen LogP contribution in [0.4, 0.5) is 0 Å². The predicted molar refractivity (Wildman–Crippen MR) is 5.75 cm³/mol. The number of rotatable bonds is 0. The molecular weight excluding hydrogens is 182 g/mol. The fourth-order valence-corrected chi connectivity index (χ4v) is 0. The SMILES string of the molecule is [Ni+3].[O-][As]([O-])[O-]. The van der Waals surface area contributed by atoms with Crippen LogP contribution in [0.25, 0.3) is 0 Å². The molecule has 0 aromatic carbocycles. The quantitative estimate of drug-likeness (QED) is 0.358. The van der Waals surface area contributed by atoms with E-state index in [-0.39, 0.29) is 16.5 Å². The predicted octanol–water partition coefficient (Wildman–Crippen LogP) is -3.95. The number of hydrogen-bond acceptors (Lipinski definition) is 3. The Morgan fingerprint density at radius 1 is 1.00 bits per heavy atom. The van der Waals surface area contributed by atoms with Gasteiger partial charge >= 0.3 is 44.5 Å². The summed E-state index contributed by atoms with van der Waals surface area (Å²) in [5, 5.41) is 0. The molecule has 0 aliphatic carbocycles.